The number of ether oxygens (including phenoxy) is 2. The second-order valence-electron chi connectivity index (χ2n) is 3.66. The van der Waals surface area contributed by atoms with E-state index >= 15 is 0 Å². The third kappa shape index (κ3) is 4.61. The summed E-state index contributed by atoms with van der Waals surface area (Å²) in [5, 5.41) is 3.24. The third-order valence-electron chi connectivity index (χ3n) is 2.34. The van der Waals surface area contributed by atoms with E-state index in [1.165, 1.54) is 0 Å². The van der Waals surface area contributed by atoms with E-state index in [0.717, 1.165) is 18.7 Å². The summed E-state index contributed by atoms with van der Waals surface area (Å²) in [5.74, 6) is 1.36. The number of benzene rings is 1. The SMILES string of the molecule is CCNCc1ccc(OC)c(OCCCF)c1. The average molecular weight is 241 g/mol. The largest absolute Gasteiger partial charge is 0.493 e. The van der Waals surface area contributed by atoms with Gasteiger partial charge < -0.3 is 14.8 Å². The zero-order valence-corrected chi connectivity index (χ0v) is 10.5. The van der Waals surface area contributed by atoms with Crippen LogP contribution in [0, 0.1) is 0 Å². The molecule has 4 heteroatoms. The van der Waals surface area contributed by atoms with Crippen molar-refractivity contribution in [2.75, 3.05) is 26.9 Å². The quantitative estimate of drug-likeness (QED) is 0.709. The van der Waals surface area contributed by atoms with Gasteiger partial charge in [-0.1, -0.05) is 13.0 Å². The Kier molecular flexibility index (Phi) is 6.40. The van der Waals surface area contributed by atoms with Gasteiger partial charge >= 0.3 is 0 Å². The molecule has 0 aliphatic carbocycles. The maximum absolute atomic E-state index is 12.0. The number of hydrogen-bond acceptors (Lipinski definition) is 3. The fourth-order valence-electron chi connectivity index (χ4n) is 1.45. The first-order chi connectivity index (χ1) is 8.31. The van der Waals surface area contributed by atoms with E-state index in [4.69, 9.17) is 9.47 Å². The van der Waals surface area contributed by atoms with E-state index in [2.05, 4.69) is 12.2 Å². The average Bonchev–Trinajstić information content (AvgIpc) is 2.37. The lowest BCUT2D eigenvalue weighted by Crippen LogP contribution is -2.12. The van der Waals surface area contributed by atoms with Crippen molar-refractivity contribution in [1.82, 2.24) is 5.32 Å². The van der Waals surface area contributed by atoms with E-state index in [-0.39, 0.29) is 6.67 Å². The highest BCUT2D eigenvalue weighted by molar-refractivity contribution is 5.42. The highest BCUT2D eigenvalue weighted by atomic mass is 19.1. The summed E-state index contributed by atoms with van der Waals surface area (Å²) in [6, 6.07) is 5.79. The monoisotopic (exact) mass is 241 g/mol. The second kappa shape index (κ2) is 7.90. The van der Waals surface area contributed by atoms with Crippen molar-refractivity contribution in [1.29, 1.82) is 0 Å². The molecule has 0 heterocycles. The van der Waals surface area contributed by atoms with Crippen LogP contribution in [-0.2, 0) is 6.54 Å². The molecule has 0 bridgehead atoms. The molecule has 0 aromatic heterocycles. The Balaban J connectivity index is 2.68. The van der Waals surface area contributed by atoms with Gasteiger partial charge in [0, 0.05) is 13.0 Å². The summed E-state index contributed by atoms with van der Waals surface area (Å²) in [4.78, 5) is 0. The van der Waals surface area contributed by atoms with Crippen LogP contribution >= 0.6 is 0 Å². The molecule has 0 unspecified atom stereocenters. The minimum Gasteiger partial charge on any atom is -0.493 e. The van der Waals surface area contributed by atoms with Crippen molar-refractivity contribution in [3.8, 4) is 11.5 Å². The standard InChI is InChI=1S/C13H20FNO2/c1-3-15-10-11-5-6-12(16-2)13(9-11)17-8-4-7-14/h5-6,9,15H,3-4,7-8,10H2,1-2H3. The molecule has 96 valence electrons. The van der Waals surface area contributed by atoms with Crippen LogP contribution in [0.15, 0.2) is 18.2 Å². The summed E-state index contributed by atoms with van der Waals surface area (Å²) in [5.41, 5.74) is 1.13. The fraction of sp³-hybridized carbons (Fsp3) is 0.538. The van der Waals surface area contributed by atoms with Crippen LogP contribution in [0.25, 0.3) is 0 Å². The van der Waals surface area contributed by atoms with Crippen molar-refractivity contribution in [3.63, 3.8) is 0 Å². The summed E-state index contributed by atoms with van der Waals surface area (Å²) in [7, 11) is 1.60. The maximum atomic E-state index is 12.0. The highest BCUT2D eigenvalue weighted by Crippen LogP contribution is 2.28. The first kappa shape index (κ1) is 13.8. The lowest BCUT2D eigenvalue weighted by Gasteiger charge is -2.12. The second-order valence-corrected chi connectivity index (χ2v) is 3.66. The van der Waals surface area contributed by atoms with Gasteiger partial charge in [0.2, 0.25) is 0 Å². The molecule has 0 spiro atoms. The van der Waals surface area contributed by atoms with E-state index < -0.39 is 0 Å². The smallest absolute Gasteiger partial charge is 0.161 e. The molecular weight excluding hydrogens is 221 g/mol. The Morgan fingerprint density at radius 2 is 2.12 bits per heavy atom. The van der Waals surface area contributed by atoms with Gasteiger partial charge in [0.1, 0.15) is 0 Å². The first-order valence-corrected chi connectivity index (χ1v) is 5.88. The van der Waals surface area contributed by atoms with Crippen LogP contribution in [0.4, 0.5) is 4.39 Å². The lowest BCUT2D eigenvalue weighted by atomic mass is 10.2. The molecule has 1 aromatic rings. The Hall–Kier alpha value is -1.29. The first-order valence-electron chi connectivity index (χ1n) is 5.88. The van der Waals surface area contributed by atoms with Gasteiger partial charge in [0.25, 0.3) is 0 Å². The number of alkyl halides is 1. The molecule has 0 aliphatic rings. The summed E-state index contributed by atoms with van der Waals surface area (Å²) in [6.07, 6.45) is 0.403. The predicted molar refractivity (Wildman–Crippen MR) is 66.5 cm³/mol. The van der Waals surface area contributed by atoms with Gasteiger partial charge in [-0.15, -0.1) is 0 Å². The van der Waals surface area contributed by atoms with Crippen LogP contribution < -0.4 is 14.8 Å². The normalized spacial score (nSPS) is 10.3. The Labute approximate surface area is 102 Å². The molecule has 1 aromatic carbocycles. The minimum absolute atomic E-state index is 0.362. The molecule has 0 saturated carbocycles. The maximum Gasteiger partial charge on any atom is 0.161 e. The number of methoxy groups -OCH3 is 1. The van der Waals surface area contributed by atoms with Gasteiger partial charge in [0.15, 0.2) is 11.5 Å². The van der Waals surface area contributed by atoms with Gasteiger partial charge in [-0.3, -0.25) is 4.39 Å². The van der Waals surface area contributed by atoms with Gasteiger partial charge in [-0.25, -0.2) is 0 Å². The van der Waals surface area contributed by atoms with Gasteiger partial charge in [-0.05, 0) is 24.2 Å². The molecule has 17 heavy (non-hydrogen) atoms. The molecule has 0 saturated heterocycles. The van der Waals surface area contributed by atoms with E-state index in [0.29, 0.717) is 24.5 Å². The molecule has 1 rings (SSSR count). The third-order valence-corrected chi connectivity index (χ3v) is 2.34. The Morgan fingerprint density at radius 1 is 1.29 bits per heavy atom. The summed E-state index contributed by atoms with van der Waals surface area (Å²) < 4.78 is 22.7. The lowest BCUT2D eigenvalue weighted by molar-refractivity contribution is 0.273. The van der Waals surface area contributed by atoms with Gasteiger partial charge in [0.05, 0.1) is 20.4 Å². The van der Waals surface area contributed by atoms with E-state index in [9.17, 15) is 4.39 Å². The van der Waals surface area contributed by atoms with Crippen molar-refractivity contribution in [2.45, 2.75) is 19.9 Å². The molecule has 0 fully saturated rings. The Morgan fingerprint density at radius 3 is 2.76 bits per heavy atom. The molecule has 0 atom stereocenters. The molecule has 0 radical (unpaired) electrons. The van der Waals surface area contributed by atoms with Crippen LogP contribution in [-0.4, -0.2) is 26.9 Å². The minimum atomic E-state index is -0.362. The van der Waals surface area contributed by atoms with Crippen LogP contribution in [0.2, 0.25) is 0 Å². The molecular formula is C13H20FNO2. The van der Waals surface area contributed by atoms with Crippen molar-refractivity contribution < 1.29 is 13.9 Å². The molecule has 1 N–H and O–H groups in total. The predicted octanol–water partition coefficient (Wildman–Crippen LogP) is 2.54. The fourth-order valence-corrected chi connectivity index (χ4v) is 1.45. The zero-order chi connectivity index (χ0) is 12.5. The Bertz CT molecular complexity index is 331. The van der Waals surface area contributed by atoms with Crippen molar-refractivity contribution in [2.24, 2.45) is 0 Å². The highest BCUT2D eigenvalue weighted by Gasteiger charge is 2.05. The van der Waals surface area contributed by atoms with Crippen LogP contribution in [0.3, 0.4) is 0 Å². The summed E-state index contributed by atoms with van der Waals surface area (Å²) >= 11 is 0. The number of hydrogen-bond donors (Lipinski definition) is 1. The van der Waals surface area contributed by atoms with Crippen molar-refractivity contribution >= 4 is 0 Å². The van der Waals surface area contributed by atoms with E-state index in [1.54, 1.807) is 7.11 Å². The van der Waals surface area contributed by atoms with Crippen LogP contribution in [0.5, 0.6) is 11.5 Å². The molecule has 0 aliphatic heterocycles. The molecule has 0 amide bonds. The van der Waals surface area contributed by atoms with E-state index in [1.807, 2.05) is 18.2 Å². The molecule has 3 nitrogen and oxygen atoms in total. The topological polar surface area (TPSA) is 30.5 Å². The van der Waals surface area contributed by atoms with Crippen molar-refractivity contribution in [3.05, 3.63) is 23.8 Å². The van der Waals surface area contributed by atoms with Gasteiger partial charge in [-0.2, -0.15) is 0 Å². The number of rotatable bonds is 8. The zero-order valence-electron chi connectivity index (χ0n) is 10.5. The number of halogens is 1. The number of nitrogens with one attached hydrogen (secondary N) is 1. The summed E-state index contributed by atoms with van der Waals surface area (Å²) in [6.45, 7) is 3.78. The van der Waals surface area contributed by atoms with Crippen LogP contribution in [0.1, 0.15) is 18.9 Å².